The van der Waals surface area contributed by atoms with E-state index in [9.17, 15) is 13.2 Å². The fourth-order valence-corrected chi connectivity index (χ4v) is 4.39. The van der Waals surface area contributed by atoms with Crippen LogP contribution in [0.2, 0.25) is 0 Å². The van der Waals surface area contributed by atoms with Crippen LogP contribution in [0.25, 0.3) is 0 Å². The van der Waals surface area contributed by atoms with E-state index in [0.717, 1.165) is 50.4 Å². The zero-order chi connectivity index (χ0) is 19.7. The number of anilines is 2. The van der Waals surface area contributed by atoms with Crippen molar-refractivity contribution in [1.29, 1.82) is 0 Å². The standard InChI is InChI=1S/C22H26F3N3/c1-16-19(20-15-17(22(23,24)25)7-8-21(20)26-16)9-10-27-11-13-28(14-12-27)18-5-3-2-4-6-18/h2-8,15-16,19,26H,9-14H2,1H3/t16-,19+/m1/s1. The van der Waals surface area contributed by atoms with Gasteiger partial charge in [0.1, 0.15) is 0 Å². The Morgan fingerprint density at radius 2 is 1.71 bits per heavy atom. The minimum atomic E-state index is -4.29. The van der Waals surface area contributed by atoms with Gasteiger partial charge in [-0.1, -0.05) is 18.2 Å². The van der Waals surface area contributed by atoms with E-state index in [2.05, 4.69) is 46.3 Å². The zero-order valence-corrected chi connectivity index (χ0v) is 16.0. The van der Waals surface area contributed by atoms with Crippen molar-refractivity contribution in [2.24, 2.45) is 0 Å². The van der Waals surface area contributed by atoms with E-state index in [0.29, 0.717) is 0 Å². The first-order valence-corrected chi connectivity index (χ1v) is 9.92. The highest BCUT2D eigenvalue weighted by Gasteiger charge is 2.35. The summed E-state index contributed by atoms with van der Waals surface area (Å²) in [5.74, 6) is 0.115. The normalized spacial score (nSPS) is 22.8. The van der Waals surface area contributed by atoms with Gasteiger partial charge in [0.15, 0.2) is 0 Å². The molecule has 2 atom stereocenters. The van der Waals surface area contributed by atoms with E-state index in [-0.39, 0.29) is 12.0 Å². The summed E-state index contributed by atoms with van der Waals surface area (Å²) in [6.07, 6.45) is -3.42. The van der Waals surface area contributed by atoms with Crippen molar-refractivity contribution in [3.63, 3.8) is 0 Å². The summed E-state index contributed by atoms with van der Waals surface area (Å²) in [4.78, 5) is 4.82. The average Bonchev–Trinajstić information content (AvgIpc) is 3.01. The van der Waals surface area contributed by atoms with Crippen LogP contribution in [0.4, 0.5) is 24.5 Å². The molecule has 1 N–H and O–H groups in total. The molecule has 0 spiro atoms. The number of hydrogen-bond acceptors (Lipinski definition) is 3. The molecule has 2 aromatic carbocycles. The SMILES string of the molecule is C[C@H]1Nc2ccc(C(F)(F)F)cc2[C@H]1CCN1CCN(c2ccccc2)CC1. The fraction of sp³-hybridized carbons (Fsp3) is 0.455. The molecule has 0 bridgehead atoms. The van der Waals surface area contributed by atoms with Gasteiger partial charge in [-0.2, -0.15) is 13.2 Å². The third-order valence-corrected chi connectivity index (χ3v) is 6.02. The molecule has 0 radical (unpaired) electrons. The molecule has 28 heavy (non-hydrogen) atoms. The molecule has 2 heterocycles. The molecule has 0 aliphatic carbocycles. The maximum Gasteiger partial charge on any atom is 0.416 e. The molecule has 0 amide bonds. The van der Waals surface area contributed by atoms with Crippen LogP contribution >= 0.6 is 0 Å². The molecule has 4 rings (SSSR count). The van der Waals surface area contributed by atoms with Gasteiger partial charge in [-0.15, -0.1) is 0 Å². The van der Waals surface area contributed by atoms with Crippen molar-refractivity contribution in [2.45, 2.75) is 31.5 Å². The van der Waals surface area contributed by atoms with Crippen molar-refractivity contribution in [3.8, 4) is 0 Å². The van der Waals surface area contributed by atoms with Crippen molar-refractivity contribution in [1.82, 2.24) is 4.90 Å². The Kier molecular flexibility index (Phi) is 5.23. The molecule has 1 saturated heterocycles. The van der Waals surface area contributed by atoms with Gasteiger partial charge in [-0.3, -0.25) is 4.90 Å². The number of nitrogens with zero attached hydrogens (tertiary/aromatic N) is 2. The first-order valence-electron chi connectivity index (χ1n) is 9.92. The number of rotatable bonds is 4. The fourth-order valence-electron chi connectivity index (χ4n) is 4.39. The second-order valence-electron chi connectivity index (χ2n) is 7.79. The van der Waals surface area contributed by atoms with Crippen molar-refractivity contribution in [3.05, 3.63) is 59.7 Å². The minimum Gasteiger partial charge on any atom is -0.382 e. The number of nitrogens with one attached hydrogen (secondary N) is 1. The second-order valence-corrected chi connectivity index (χ2v) is 7.79. The third-order valence-electron chi connectivity index (χ3n) is 6.02. The van der Waals surface area contributed by atoms with E-state index in [1.54, 1.807) is 6.07 Å². The number of hydrogen-bond donors (Lipinski definition) is 1. The summed E-state index contributed by atoms with van der Waals surface area (Å²) in [6.45, 7) is 6.91. The molecule has 1 fully saturated rings. The molecule has 2 aromatic rings. The molecule has 6 heteroatoms. The van der Waals surface area contributed by atoms with Gasteiger partial charge in [0, 0.05) is 49.5 Å². The maximum atomic E-state index is 13.1. The monoisotopic (exact) mass is 389 g/mol. The van der Waals surface area contributed by atoms with Crippen LogP contribution in [0.15, 0.2) is 48.5 Å². The first-order chi connectivity index (χ1) is 13.4. The minimum absolute atomic E-state index is 0.115. The Hall–Kier alpha value is -2.21. The first kappa shape index (κ1) is 19.1. The molecular formula is C22H26F3N3. The smallest absolute Gasteiger partial charge is 0.382 e. The van der Waals surface area contributed by atoms with Gasteiger partial charge in [0.2, 0.25) is 0 Å². The van der Waals surface area contributed by atoms with Crippen molar-refractivity contribution in [2.75, 3.05) is 42.9 Å². The largest absolute Gasteiger partial charge is 0.416 e. The lowest BCUT2D eigenvalue weighted by molar-refractivity contribution is -0.137. The van der Waals surface area contributed by atoms with Crippen LogP contribution < -0.4 is 10.2 Å². The quantitative estimate of drug-likeness (QED) is 0.809. The van der Waals surface area contributed by atoms with Gasteiger partial charge >= 0.3 is 6.18 Å². The van der Waals surface area contributed by atoms with Crippen LogP contribution in [0.3, 0.4) is 0 Å². The lowest BCUT2D eigenvalue weighted by Crippen LogP contribution is -2.47. The molecule has 0 saturated carbocycles. The lowest BCUT2D eigenvalue weighted by Gasteiger charge is -2.36. The number of piperazine rings is 1. The Bertz CT molecular complexity index is 798. The molecule has 2 aliphatic rings. The predicted octanol–water partition coefficient (Wildman–Crippen LogP) is 4.82. The Morgan fingerprint density at radius 3 is 2.39 bits per heavy atom. The van der Waals surface area contributed by atoms with Gasteiger partial charge in [0.05, 0.1) is 5.56 Å². The molecule has 0 unspecified atom stereocenters. The number of alkyl halides is 3. The van der Waals surface area contributed by atoms with Crippen molar-refractivity contribution >= 4 is 11.4 Å². The molecule has 150 valence electrons. The molecule has 3 nitrogen and oxygen atoms in total. The summed E-state index contributed by atoms with van der Waals surface area (Å²) in [5.41, 5.74) is 2.36. The molecule has 2 aliphatic heterocycles. The van der Waals surface area contributed by atoms with E-state index in [1.165, 1.54) is 17.8 Å². The average molecular weight is 389 g/mol. The van der Waals surface area contributed by atoms with Crippen molar-refractivity contribution < 1.29 is 13.2 Å². The van der Waals surface area contributed by atoms with Gasteiger partial charge in [-0.05, 0) is 55.8 Å². The predicted molar refractivity (Wildman–Crippen MR) is 107 cm³/mol. The Balaban J connectivity index is 1.36. The molecule has 0 aromatic heterocycles. The van der Waals surface area contributed by atoms with Crippen LogP contribution in [-0.2, 0) is 6.18 Å². The highest BCUT2D eigenvalue weighted by molar-refractivity contribution is 5.60. The number of fused-ring (bicyclic) bond motifs is 1. The van der Waals surface area contributed by atoms with Gasteiger partial charge in [-0.25, -0.2) is 0 Å². The van der Waals surface area contributed by atoms with E-state index in [4.69, 9.17) is 0 Å². The Labute approximate surface area is 164 Å². The zero-order valence-electron chi connectivity index (χ0n) is 16.0. The summed E-state index contributed by atoms with van der Waals surface area (Å²) >= 11 is 0. The number of halogens is 3. The molecular weight excluding hydrogens is 363 g/mol. The number of para-hydroxylation sites is 1. The summed E-state index contributed by atoms with van der Waals surface area (Å²) < 4.78 is 39.3. The highest BCUT2D eigenvalue weighted by Crippen LogP contribution is 2.41. The lowest BCUT2D eigenvalue weighted by atomic mass is 9.91. The van der Waals surface area contributed by atoms with Crippen LogP contribution in [0.1, 0.15) is 30.4 Å². The van der Waals surface area contributed by atoms with Crippen LogP contribution in [-0.4, -0.2) is 43.7 Å². The van der Waals surface area contributed by atoms with E-state index in [1.807, 2.05) is 6.07 Å². The number of benzene rings is 2. The van der Waals surface area contributed by atoms with Crippen LogP contribution in [0.5, 0.6) is 0 Å². The van der Waals surface area contributed by atoms with E-state index < -0.39 is 11.7 Å². The van der Waals surface area contributed by atoms with Crippen LogP contribution in [0, 0.1) is 0 Å². The highest BCUT2D eigenvalue weighted by atomic mass is 19.4. The summed E-state index contributed by atoms with van der Waals surface area (Å²) in [7, 11) is 0. The van der Waals surface area contributed by atoms with Gasteiger partial charge in [0.25, 0.3) is 0 Å². The summed E-state index contributed by atoms with van der Waals surface area (Å²) in [6, 6.07) is 14.7. The summed E-state index contributed by atoms with van der Waals surface area (Å²) in [5, 5.41) is 3.35. The topological polar surface area (TPSA) is 18.5 Å². The van der Waals surface area contributed by atoms with Gasteiger partial charge < -0.3 is 10.2 Å². The van der Waals surface area contributed by atoms with E-state index >= 15 is 0 Å². The maximum absolute atomic E-state index is 13.1. The second kappa shape index (κ2) is 7.66. The Morgan fingerprint density at radius 1 is 1.00 bits per heavy atom. The third kappa shape index (κ3) is 3.97.